The summed E-state index contributed by atoms with van der Waals surface area (Å²) in [7, 11) is -2.87. The van der Waals surface area contributed by atoms with E-state index in [0.29, 0.717) is 0 Å². The highest BCUT2D eigenvalue weighted by Gasteiger charge is 2.04. The maximum atomic E-state index is 9.10. The molecule has 0 unspecified atom stereocenters. The van der Waals surface area contributed by atoms with Gasteiger partial charge in [-0.15, -0.1) is 9.79 Å². The Bertz CT molecular complexity index is 134. The average Bonchev–Trinajstić information content (AvgIpc) is 1.63. The van der Waals surface area contributed by atoms with Crippen molar-refractivity contribution in [1.29, 1.82) is 0 Å². The van der Waals surface area contributed by atoms with E-state index in [2.05, 4.69) is 0 Å². The summed E-state index contributed by atoms with van der Waals surface area (Å²) in [4.78, 5) is 32.4. The van der Waals surface area contributed by atoms with Crippen molar-refractivity contribution in [3.05, 3.63) is 0 Å². The van der Waals surface area contributed by atoms with Crippen LogP contribution < -0.4 is 0 Å². The molecule has 8 heteroatoms. The molecular weight excluding hydrogens is 167 g/mol. The van der Waals surface area contributed by atoms with Gasteiger partial charge in [-0.05, 0) is 0 Å². The van der Waals surface area contributed by atoms with Crippen molar-refractivity contribution >= 4 is 20.2 Å². The van der Waals surface area contributed by atoms with Gasteiger partial charge in [0.2, 0.25) is 0 Å². The van der Waals surface area contributed by atoms with E-state index in [9.17, 15) is 0 Å². The van der Waals surface area contributed by atoms with Crippen LogP contribution in [0.2, 0.25) is 0 Å². The lowest BCUT2D eigenvalue weighted by atomic mass is 10.7. The van der Waals surface area contributed by atoms with Crippen LogP contribution >= 0.6 is 8.25 Å². The summed E-state index contributed by atoms with van der Waals surface area (Å²) in [6.45, 7) is 0. The van der Waals surface area contributed by atoms with Gasteiger partial charge in [0, 0.05) is 4.57 Å². The molecule has 0 saturated carbocycles. The molecule has 0 bridgehead atoms. The fourth-order valence-electron chi connectivity index (χ4n) is 0. The van der Waals surface area contributed by atoms with Crippen molar-refractivity contribution in [2.24, 2.45) is 0 Å². The second-order valence-corrected chi connectivity index (χ2v) is 1.37. The molecule has 0 atom stereocenters. The van der Waals surface area contributed by atoms with Gasteiger partial charge in [0.05, 0.1) is 0 Å². The van der Waals surface area contributed by atoms with Gasteiger partial charge in [0.1, 0.15) is 0 Å². The van der Waals surface area contributed by atoms with E-state index in [0.717, 1.165) is 0 Å². The van der Waals surface area contributed by atoms with Gasteiger partial charge in [-0.2, -0.15) is 0 Å². The van der Waals surface area contributed by atoms with Crippen molar-refractivity contribution in [2.45, 2.75) is 0 Å². The fraction of sp³-hybridized carbons (Fsp3) is 0. The van der Waals surface area contributed by atoms with Crippen molar-refractivity contribution in [2.75, 3.05) is 0 Å². The molecule has 0 aliphatic rings. The van der Waals surface area contributed by atoms with Gasteiger partial charge in [-0.25, -0.2) is 9.59 Å². The van der Waals surface area contributed by atoms with Gasteiger partial charge in [0.25, 0.3) is 0 Å². The molecule has 0 aromatic heterocycles. The number of hydrogen-bond acceptors (Lipinski definition) is 3. The first-order valence-corrected chi connectivity index (χ1v) is 2.85. The van der Waals surface area contributed by atoms with Crippen molar-refractivity contribution in [3.63, 3.8) is 0 Å². The van der Waals surface area contributed by atoms with Gasteiger partial charge in [-0.3, -0.25) is 0 Å². The first-order valence-electron chi connectivity index (χ1n) is 1.69. The maximum Gasteiger partial charge on any atom is 0.692 e. The standard InChI is InChI=1S/C2H2O4.HO3P/c3-1(4)2(5)6;1-4(2)3/h(H,3,4)(H,5,6);(H-,1,2,3)/p+1. The topological polar surface area (TPSA) is 132 Å². The van der Waals surface area contributed by atoms with Gasteiger partial charge in [0.15, 0.2) is 0 Å². The third kappa shape index (κ3) is 28.2. The normalized spacial score (nSPS) is 7.00. The van der Waals surface area contributed by atoms with Crippen molar-refractivity contribution in [3.8, 4) is 0 Å². The zero-order chi connectivity index (χ0) is 8.73. The molecule has 0 rings (SSSR count). The van der Waals surface area contributed by atoms with E-state index in [1.165, 1.54) is 0 Å². The van der Waals surface area contributed by atoms with Crippen LogP contribution in [0.4, 0.5) is 0 Å². The smallest absolute Gasteiger partial charge is 0.473 e. The van der Waals surface area contributed by atoms with Gasteiger partial charge < -0.3 is 10.2 Å². The number of aliphatic carboxylic acids is 2. The molecule has 0 saturated heterocycles. The Morgan fingerprint density at radius 1 is 1.00 bits per heavy atom. The molecule has 0 aliphatic carbocycles. The summed E-state index contributed by atoms with van der Waals surface area (Å²) in [5.74, 6) is -3.65. The lowest BCUT2D eigenvalue weighted by molar-refractivity contribution is -0.159. The van der Waals surface area contributed by atoms with Crippen LogP contribution in [0.25, 0.3) is 0 Å². The van der Waals surface area contributed by atoms with Crippen molar-refractivity contribution in [1.82, 2.24) is 0 Å². The first-order chi connectivity index (χ1) is 4.37. The molecule has 0 amide bonds. The minimum atomic E-state index is -2.87. The van der Waals surface area contributed by atoms with E-state index in [4.69, 9.17) is 34.2 Å². The Hall–Kier alpha value is -1.04. The average molecular weight is 171 g/mol. The van der Waals surface area contributed by atoms with Crippen molar-refractivity contribution < 1.29 is 34.2 Å². The van der Waals surface area contributed by atoms with Gasteiger partial charge in [-0.1, -0.05) is 0 Å². The number of rotatable bonds is 0. The summed E-state index contributed by atoms with van der Waals surface area (Å²) in [5.41, 5.74) is 0. The highest BCUT2D eigenvalue weighted by Crippen LogP contribution is 1.98. The molecule has 0 aliphatic heterocycles. The quantitative estimate of drug-likeness (QED) is 0.265. The SMILES string of the molecule is O=C(O)C(=O)O.O=[P+](O)O. The molecule has 0 heterocycles. The van der Waals surface area contributed by atoms with E-state index in [-0.39, 0.29) is 0 Å². The third-order valence-corrected chi connectivity index (χ3v) is 0.183. The summed E-state index contributed by atoms with van der Waals surface area (Å²) in [6.07, 6.45) is 0. The minimum absolute atomic E-state index is 1.82. The molecule has 0 aromatic rings. The first kappa shape index (κ1) is 11.7. The third-order valence-electron chi connectivity index (χ3n) is 0.183. The Morgan fingerprint density at radius 3 is 1.10 bits per heavy atom. The van der Waals surface area contributed by atoms with Crippen LogP contribution in [-0.4, -0.2) is 31.9 Å². The molecule has 4 N–H and O–H groups in total. The summed E-state index contributed by atoms with van der Waals surface area (Å²) >= 11 is 0. The highest BCUT2D eigenvalue weighted by molar-refractivity contribution is 7.30. The minimum Gasteiger partial charge on any atom is -0.473 e. The number of carboxylic acids is 2. The van der Waals surface area contributed by atoms with Crippen LogP contribution in [-0.2, 0) is 14.2 Å². The molecule has 7 nitrogen and oxygen atoms in total. The zero-order valence-corrected chi connectivity index (χ0v) is 5.36. The Balaban J connectivity index is 0. The second kappa shape index (κ2) is 6.09. The Labute approximate surface area is 55.5 Å². The lowest BCUT2D eigenvalue weighted by Crippen LogP contribution is -2.09. The summed E-state index contributed by atoms with van der Waals surface area (Å²) < 4.78 is 8.70. The van der Waals surface area contributed by atoms with E-state index >= 15 is 0 Å². The summed E-state index contributed by atoms with van der Waals surface area (Å²) in [6, 6.07) is 0. The summed E-state index contributed by atoms with van der Waals surface area (Å²) in [5, 5.41) is 14.8. The predicted octanol–water partition coefficient (Wildman–Crippen LogP) is -1.22. The molecular formula is C2H4O7P+. The maximum absolute atomic E-state index is 9.10. The number of carbonyl (C=O) groups is 2. The predicted molar refractivity (Wildman–Crippen MR) is 27.3 cm³/mol. The molecule has 10 heavy (non-hydrogen) atoms. The molecule has 0 fully saturated rings. The van der Waals surface area contributed by atoms with Crippen LogP contribution in [0, 0.1) is 0 Å². The van der Waals surface area contributed by atoms with E-state index < -0.39 is 20.2 Å². The fourth-order valence-corrected chi connectivity index (χ4v) is 0. The highest BCUT2D eigenvalue weighted by atomic mass is 31.1. The van der Waals surface area contributed by atoms with E-state index in [1.807, 2.05) is 0 Å². The monoisotopic (exact) mass is 171 g/mol. The Kier molecular flexibility index (Phi) is 7.13. The van der Waals surface area contributed by atoms with Crippen LogP contribution in [0.3, 0.4) is 0 Å². The van der Waals surface area contributed by atoms with Crippen LogP contribution in [0.5, 0.6) is 0 Å². The molecule has 0 radical (unpaired) electrons. The largest absolute Gasteiger partial charge is 0.692 e. The van der Waals surface area contributed by atoms with Gasteiger partial charge >= 0.3 is 20.2 Å². The molecule has 58 valence electrons. The molecule has 0 aromatic carbocycles. The molecule has 0 spiro atoms. The number of hydrogen-bond donors (Lipinski definition) is 4. The Morgan fingerprint density at radius 2 is 1.10 bits per heavy atom. The zero-order valence-electron chi connectivity index (χ0n) is 4.46. The van der Waals surface area contributed by atoms with Crippen LogP contribution in [0.15, 0.2) is 0 Å². The van der Waals surface area contributed by atoms with E-state index in [1.54, 1.807) is 0 Å². The van der Waals surface area contributed by atoms with Crippen LogP contribution in [0.1, 0.15) is 0 Å². The number of carboxylic acid groups (broad SMARTS) is 2. The second-order valence-electron chi connectivity index (χ2n) is 0.863. The lowest BCUT2D eigenvalue weighted by Gasteiger charge is -1.72.